The number of aliphatic hydroxyl groups excluding tert-OH is 1. The van der Waals surface area contributed by atoms with E-state index in [1.54, 1.807) is 12.3 Å². The van der Waals surface area contributed by atoms with Crippen LogP contribution in [0.1, 0.15) is 30.2 Å². The zero-order valence-corrected chi connectivity index (χ0v) is 8.91. The van der Waals surface area contributed by atoms with Gasteiger partial charge < -0.3 is 10.2 Å². The molecule has 2 unspecified atom stereocenters. The second-order valence-electron chi connectivity index (χ2n) is 3.09. The lowest BCUT2D eigenvalue weighted by atomic mass is 9.98. The van der Waals surface area contributed by atoms with Gasteiger partial charge in [-0.2, -0.15) is 0 Å². The third-order valence-corrected chi connectivity index (χ3v) is 2.87. The van der Waals surface area contributed by atoms with E-state index in [4.69, 9.17) is 5.11 Å². The van der Waals surface area contributed by atoms with Crippen LogP contribution in [-0.2, 0) is 4.79 Å². The summed E-state index contributed by atoms with van der Waals surface area (Å²) in [6, 6.07) is 0. The van der Waals surface area contributed by atoms with Gasteiger partial charge in [0.05, 0.1) is 16.6 Å². The Morgan fingerprint density at radius 1 is 1.71 bits per heavy atom. The minimum Gasteiger partial charge on any atom is -0.481 e. The summed E-state index contributed by atoms with van der Waals surface area (Å²) in [5, 5.41) is 21.1. The second kappa shape index (κ2) is 4.52. The van der Waals surface area contributed by atoms with Gasteiger partial charge in [-0.15, -0.1) is 11.3 Å². The average Bonchev–Trinajstić information content (AvgIpc) is 2.52. The minimum atomic E-state index is -0.998. The number of aryl methyl sites for hydroxylation is 1. The quantitative estimate of drug-likeness (QED) is 0.800. The van der Waals surface area contributed by atoms with Gasteiger partial charge in [-0.25, -0.2) is 4.98 Å². The van der Waals surface area contributed by atoms with Crippen molar-refractivity contribution in [2.24, 2.45) is 5.92 Å². The lowest BCUT2D eigenvalue weighted by Gasteiger charge is -2.14. The summed E-state index contributed by atoms with van der Waals surface area (Å²) >= 11 is 1.41. The normalized spacial score (nSPS) is 15.1. The number of aliphatic carboxylic acids is 1. The molecule has 2 N–H and O–H groups in total. The fourth-order valence-electron chi connectivity index (χ4n) is 1.26. The summed E-state index contributed by atoms with van der Waals surface area (Å²) in [5.41, 5.74) is 0.460. The number of carboxylic acid groups (broad SMARTS) is 1. The van der Waals surface area contributed by atoms with Crippen molar-refractivity contribution in [3.05, 3.63) is 16.1 Å². The molecule has 0 saturated heterocycles. The van der Waals surface area contributed by atoms with Crippen LogP contribution in [0.4, 0.5) is 0 Å². The molecule has 0 spiro atoms. The third-order valence-electron chi connectivity index (χ3n) is 2.08. The molecule has 1 aromatic heterocycles. The summed E-state index contributed by atoms with van der Waals surface area (Å²) in [5.74, 6) is -1.75. The molecule has 0 amide bonds. The molecule has 2 atom stereocenters. The second-order valence-corrected chi connectivity index (χ2v) is 4.15. The number of hydrogen-bond donors (Lipinski definition) is 2. The van der Waals surface area contributed by atoms with Gasteiger partial charge in [-0.05, 0) is 13.3 Å². The van der Waals surface area contributed by atoms with Crippen molar-refractivity contribution in [1.29, 1.82) is 0 Å². The van der Waals surface area contributed by atoms with Gasteiger partial charge in [0, 0.05) is 5.38 Å². The Labute approximate surface area is 86.2 Å². The van der Waals surface area contributed by atoms with Gasteiger partial charge >= 0.3 is 5.97 Å². The van der Waals surface area contributed by atoms with Gasteiger partial charge in [0.25, 0.3) is 0 Å². The zero-order valence-electron chi connectivity index (χ0n) is 8.10. The lowest BCUT2D eigenvalue weighted by molar-refractivity contribution is -0.146. The SMILES string of the molecule is CCC(C(=O)O)C(O)c1csc(C)n1. The molecule has 5 heteroatoms. The van der Waals surface area contributed by atoms with Crippen LogP contribution in [0.3, 0.4) is 0 Å². The van der Waals surface area contributed by atoms with E-state index in [1.165, 1.54) is 11.3 Å². The molecule has 0 radical (unpaired) electrons. The van der Waals surface area contributed by atoms with Crippen molar-refractivity contribution in [2.75, 3.05) is 0 Å². The molecule has 0 bridgehead atoms. The zero-order chi connectivity index (χ0) is 10.7. The first-order valence-corrected chi connectivity index (χ1v) is 5.27. The minimum absolute atomic E-state index is 0.396. The number of thiazole rings is 1. The van der Waals surface area contributed by atoms with Crippen molar-refractivity contribution in [3.8, 4) is 0 Å². The lowest BCUT2D eigenvalue weighted by Crippen LogP contribution is -2.21. The molecule has 0 saturated carbocycles. The van der Waals surface area contributed by atoms with Crippen LogP contribution in [0.2, 0.25) is 0 Å². The predicted octanol–water partition coefficient (Wildman–Crippen LogP) is 1.60. The highest BCUT2D eigenvalue weighted by Gasteiger charge is 2.27. The standard InChI is InChI=1S/C9H13NO3S/c1-3-6(9(12)13)8(11)7-4-14-5(2)10-7/h4,6,8,11H,3H2,1-2H3,(H,12,13). The predicted molar refractivity (Wildman–Crippen MR) is 53.2 cm³/mol. The van der Waals surface area contributed by atoms with E-state index in [0.29, 0.717) is 12.1 Å². The van der Waals surface area contributed by atoms with Gasteiger partial charge in [-0.1, -0.05) is 6.92 Å². The number of aliphatic hydroxyl groups is 1. The molecular formula is C9H13NO3S. The maximum atomic E-state index is 10.8. The molecule has 1 heterocycles. The van der Waals surface area contributed by atoms with Crippen LogP contribution in [0.5, 0.6) is 0 Å². The van der Waals surface area contributed by atoms with Crippen LogP contribution in [0.15, 0.2) is 5.38 Å². The Morgan fingerprint density at radius 3 is 2.71 bits per heavy atom. The van der Waals surface area contributed by atoms with Gasteiger partial charge in [-0.3, -0.25) is 4.79 Å². The van der Waals surface area contributed by atoms with E-state index in [9.17, 15) is 9.90 Å². The third kappa shape index (κ3) is 2.30. The maximum Gasteiger partial charge on any atom is 0.309 e. The molecule has 0 aliphatic heterocycles. The molecule has 1 rings (SSSR count). The molecule has 1 aromatic rings. The van der Waals surface area contributed by atoms with E-state index in [-0.39, 0.29) is 0 Å². The monoisotopic (exact) mass is 215 g/mol. The van der Waals surface area contributed by atoms with Crippen molar-refractivity contribution in [3.63, 3.8) is 0 Å². The maximum absolute atomic E-state index is 10.8. The highest BCUT2D eigenvalue weighted by Crippen LogP contribution is 2.25. The van der Waals surface area contributed by atoms with Crippen molar-refractivity contribution in [1.82, 2.24) is 4.98 Å². The first kappa shape index (κ1) is 11.1. The van der Waals surface area contributed by atoms with Crippen molar-refractivity contribution in [2.45, 2.75) is 26.4 Å². The molecule has 14 heavy (non-hydrogen) atoms. The molecule has 4 nitrogen and oxygen atoms in total. The summed E-state index contributed by atoms with van der Waals surface area (Å²) in [4.78, 5) is 14.8. The van der Waals surface area contributed by atoms with E-state index in [0.717, 1.165) is 5.01 Å². The van der Waals surface area contributed by atoms with Crippen LogP contribution >= 0.6 is 11.3 Å². The highest BCUT2D eigenvalue weighted by atomic mass is 32.1. The summed E-state index contributed by atoms with van der Waals surface area (Å²) < 4.78 is 0. The smallest absolute Gasteiger partial charge is 0.309 e. The van der Waals surface area contributed by atoms with Gasteiger partial charge in [0.2, 0.25) is 0 Å². The largest absolute Gasteiger partial charge is 0.481 e. The number of hydrogen-bond acceptors (Lipinski definition) is 4. The number of nitrogens with zero attached hydrogens (tertiary/aromatic N) is 1. The van der Waals surface area contributed by atoms with Crippen molar-refractivity contribution >= 4 is 17.3 Å². The first-order chi connectivity index (χ1) is 6.56. The van der Waals surface area contributed by atoms with E-state index < -0.39 is 18.0 Å². The van der Waals surface area contributed by atoms with E-state index in [2.05, 4.69) is 4.98 Å². The van der Waals surface area contributed by atoms with Crippen LogP contribution < -0.4 is 0 Å². The van der Waals surface area contributed by atoms with Crippen LogP contribution in [0.25, 0.3) is 0 Å². The average molecular weight is 215 g/mol. The van der Waals surface area contributed by atoms with Crippen molar-refractivity contribution < 1.29 is 15.0 Å². The Balaban J connectivity index is 2.82. The summed E-state index contributed by atoms with van der Waals surface area (Å²) in [7, 11) is 0. The number of carbonyl (C=O) groups is 1. The summed E-state index contributed by atoms with van der Waals surface area (Å²) in [6.07, 6.45) is -0.602. The fraction of sp³-hybridized carbons (Fsp3) is 0.556. The molecule has 0 aromatic carbocycles. The Bertz CT molecular complexity index is 324. The topological polar surface area (TPSA) is 70.4 Å². The number of aromatic nitrogens is 1. The molecule has 0 aliphatic rings. The molecule has 0 aliphatic carbocycles. The highest BCUT2D eigenvalue weighted by molar-refractivity contribution is 7.09. The summed E-state index contributed by atoms with van der Waals surface area (Å²) in [6.45, 7) is 3.56. The Hall–Kier alpha value is -0.940. The van der Waals surface area contributed by atoms with Gasteiger partial charge in [0.15, 0.2) is 0 Å². The molecule has 78 valence electrons. The Kier molecular flexibility index (Phi) is 3.60. The van der Waals surface area contributed by atoms with E-state index in [1.807, 2.05) is 6.92 Å². The number of carboxylic acids is 1. The van der Waals surface area contributed by atoms with Crippen LogP contribution in [-0.4, -0.2) is 21.2 Å². The van der Waals surface area contributed by atoms with Gasteiger partial charge in [0.1, 0.15) is 6.10 Å². The fourth-order valence-corrected chi connectivity index (χ4v) is 1.90. The Morgan fingerprint density at radius 2 is 2.36 bits per heavy atom. The molecule has 0 fully saturated rings. The first-order valence-electron chi connectivity index (χ1n) is 4.39. The van der Waals surface area contributed by atoms with E-state index >= 15 is 0 Å². The van der Waals surface area contributed by atoms with Crippen LogP contribution in [0, 0.1) is 12.8 Å². The molecular weight excluding hydrogens is 202 g/mol. The number of rotatable bonds is 4.